The first-order chi connectivity index (χ1) is 11.5. The molecule has 1 saturated heterocycles. The number of pyridine rings is 1. The van der Waals surface area contributed by atoms with Gasteiger partial charge >= 0.3 is 0 Å². The minimum atomic E-state index is -3.17. The van der Waals surface area contributed by atoms with Crippen molar-refractivity contribution in [3.8, 4) is 11.5 Å². The lowest BCUT2D eigenvalue weighted by molar-refractivity contribution is 0.137. The van der Waals surface area contributed by atoms with Gasteiger partial charge in [0.2, 0.25) is 21.8 Å². The van der Waals surface area contributed by atoms with E-state index in [4.69, 9.17) is 4.42 Å². The standard InChI is InChI=1S/C16H20N4O3S/c1-16(10-20(11-16)24(21,22)9-12-4-2-5-12)15-19-18-14(23-15)13-6-3-7-17-8-13/h3,6-8,12H,2,4-5,9-11H2,1H3. The molecule has 0 atom stereocenters. The third kappa shape index (κ3) is 2.73. The maximum atomic E-state index is 12.4. The molecule has 1 aliphatic carbocycles. The Morgan fingerprint density at radius 3 is 2.75 bits per heavy atom. The van der Waals surface area contributed by atoms with Crippen LogP contribution in [-0.2, 0) is 15.4 Å². The van der Waals surface area contributed by atoms with E-state index < -0.39 is 15.4 Å². The Kier molecular flexibility index (Phi) is 3.69. The third-order valence-electron chi connectivity index (χ3n) is 4.96. The smallest absolute Gasteiger partial charge is 0.249 e. The van der Waals surface area contributed by atoms with Gasteiger partial charge in [0.15, 0.2) is 0 Å². The molecular formula is C16H20N4O3S. The number of sulfonamides is 1. The minimum Gasteiger partial charge on any atom is -0.420 e. The van der Waals surface area contributed by atoms with Gasteiger partial charge in [0, 0.05) is 25.5 Å². The first-order valence-corrected chi connectivity index (χ1v) is 9.79. The van der Waals surface area contributed by atoms with Crippen LogP contribution in [0.4, 0.5) is 0 Å². The van der Waals surface area contributed by atoms with Crippen molar-refractivity contribution in [2.45, 2.75) is 31.6 Å². The van der Waals surface area contributed by atoms with E-state index in [0.29, 0.717) is 30.8 Å². The molecule has 4 rings (SSSR count). The summed E-state index contributed by atoms with van der Waals surface area (Å²) in [5, 5.41) is 8.19. The Bertz CT molecular complexity index is 824. The fraction of sp³-hybridized carbons (Fsp3) is 0.562. The molecule has 8 heteroatoms. The maximum absolute atomic E-state index is 12.4. The van der Waals surface area contributed by atoms with Crippen LogP contribution in [0.5, 0.6) is 0 Å². The molecule has 0 bridgehead atoms. The van der Waals surface area contributed by atoms with Gasteiger partial charge in [0.1, 0.15) is 0 Å². The van der Waals surface area contributed by atoms with Crippen LogP contribution in [0.2, 0.25) is 0 Å². The van der Waals surface area contributed by atoms with Gasteiger partial charge in [-0.15, -0.1) is 10.2 Å². The monoisotopic (exact) mass is 348 g/mol. The van der Waals surface area contributed by atoms with E-state index in [0.717, 1.165) is 24.8 Å². The predicted molar refractivity (Wildman–Crippen MR) is 87.6 cm³/mol. The summed E-state index contributed by atoms with van der Waals surface area (Å²) in [5.74, 6) is 1.50. The van der Waals surface area contributed by atoms with Crippen molar-refractivity contribution in [2.24, 2.45) is 5.92 Å². The van der Waals surface area contributed by atoms with Crippen molar-refractivity contribution in [3.05, 3.63) is 30.4 Å². The second-order valence-electron chi connectivity index (χ2n) is 7.06. The zero-order valence-corrected chi connectivity index (χ0v) is 14.4. The molecule has 2 aromatic rings. The zero-order valence-electron chi connectivity index (χ0n) is 13.6. The van der Waals surface area contributed by atoms with Gasteiger partial charge in [-0.25, -0.2) is 8.42 Å². The summed E-state index contributed by atoms with van der Waals surface area (Å²) in [6.45, 7) is 2.76. The first kappa shape index (κ1) is 15.7. The van der Waals surface area contributed by atoms with Crippen molar-refractivity contribution >= 4 is 10.0 Å². The Morgan fingerprint density at radius 2 is 2.12 bits per heavy atom. The molecule has 2 aromatic heterocycles. The number of hydrogen-bond acceptors (Lipinski definition) is 6. The molecule has 0 amide bonds. The van der Waals surface area contributed by atoms with Crippen molar-refractivity contribution in [2.75, 3.05) is 18.8 Å². The van der Waals surface area contributed by atoms with Crippen LogP contribution >= 0.6 is 0 Å². The van der Waals surface area contributed by atoms with Crippen LogP contribution in [0, 0.1) is 5.92 Å². The van der Waals surface area contributed by atoms with Gasteiger partial charge in [-0.1, -0.05) is 6.42 Å². The molecule has 3 heterocycles. The van der Waals surface area contributed by atoms with Crippen molar-refractivity contribution < 1.29 is 12.8 Å². The fourth-order valence-electron chi connectivity index (χ4n) is 3.20. The highest BCUT2D eigenvalue weighted by Crippen LogP contribution is 2.38. The van der Waals surface area contributed by atoms with Gasteiger partial charge in [-0.2, -0.15) is 4.31 Å². The molecular weight excluding hydrogens is 328 g/mol. The zero-order chi connectivity index (χ0) is 16.8. The average molecular weight is 348 g/mol. The topological polar surface area (TPSA) is 89.2 Å². The molecule has 7 nitrogen and oxygen atoms in total. The van der Waals surface area contributed by atoms with Gasteiger partial charge < -0.3 is 4.42 Å². The molecule has 1 saturated carbocycles. The van der Waals surface area contributed by atoms with Crippen LogP contribution in [0.25, 0.3) is 11.5 Å². The largest absolute Gasteiger partial charge is 0.420 e. The van der Waals surface area contributed by atoms with E-state index in [2.05, 4.69) is 15.2 Å². The first-order valence-electron chi connectivity index (χ1n) is 8.18. The quantitative estimate of drug-likeness (QED) is 0.819. The van der Waals surface area contributed by atoms with Gasteiger partial charge in [-0.05, 0) is 37.8 Å². The van der Waals surface area contributed by atoms with Gasteiger partial charge in [-0.3, -0.25) is 4.98 Å². The van der Waals surface area contributed by atoms with Crippen LogP contribution < -0.4 is 0 Å². The van der Waals surface area contributed by atoms with Gasteiger partial charge in [0.25, 0.3) is 0 Å². The Balaban J connectivity index is 1.45. The molecule has 24 heavy (non-hydrogen) atoms. The van der Waals surface area contributed by atoms with Crippen molar-refractivity contribution in [1.29, 1.82) is 0 Å². The fourth-order valence-corrected chi connectivity index (χ4v) is 5.30. The highest BCUT2D eigenvalue weighted by Gasteiger charge is 2.49. The van der Waals surface area contributed by atoms with Gasteiger partial charge in [0.05, 0.1) is 16.7 Å². The second-order valence-corrected chi connectivity index (χ2v) is 9.07. The number of hydrogen-bond donors (Lipinski definition) is 0. The summed E-state index contributed by atoms with van der Waals surface area (Å²) >= 11 is 0. The number of nitrogens with zero attached hydrogens (tertiary/aromatic N) is 4. The molecule has 1 aliphatic heterocycles. The molecule has 128 valence electrons. The highest BCUT2D eigenvalue weighted by atomic mass is 32.2. The van der Waals surface area contributed by atoms with E-state index in [1.54, 1.807) is 22.8 Å². The molecule has 0 aromatic carbocycles. The molecule has 0 radical (unpaired) electrons. The SMILES string of the molecule is CC1(c2nnc(-c3cccnc3)o2)CN(S(=O)(=O)CC2CCC2)C1. The predicted octanol–water partition coefficient (Wildman–Crippen LogP) is 1.83. The van der Waals surface area contributed by atoms with E-state index in [-0.39, 0.29) is 5.75 Å². The minimum absolute atomic E-state index is 0.272. The van der Waals surface area contributed by atoms with Crippen molar-refractivity contribution in [1.82, 2.24) is 19.5 Å². The number of aromatic nitrogens is 3. The Labute approximate surface area is 141 Å². The molecule has 2 fully saturated rings. The molecule has 0 N–H and O–H groups in total. The summed E-state index contributed by atoms with van der Waals surface area (Å²) < 4.78 is 32.1. The maximum Gasteiger partial charge on any atom is 0.249 e. The van der Waals surface area contributed by atoms with Crippen LogP contribution in [0.1, 0.15) is 32.1 Å². The average Bonchev–Trinajstić information content (AvgIpc) is 2.99. The second kappa shape index (κ2) is 5.63. The van der Waals surface area contributed by atoms with Crippen LogP contribution in [0.15, 0.2) is 28.9 Å². The lowest BCUT2D eigenvalue weighted by Gasteiger charge is -2.45. The van der Waals surface area contributed by atoms with E-state index in [1.807, 2.05) is 13.0 Å². The summed E-state index contributed by atoms with van der Waals surface area (Å²) in [6.07, 6.45) is 6.55. The summed E-state index contributed by atoms with van der Waals surface area (Å²) in [7, 11) is -3.17. The molecule has 2 aliphatic rings. The summed E-state index contributed by atoms with van der Waals surface area (Å²) in [5.41, 5.74) is 0.341. The highest BCUT2D eigenvalue weighted by molar-refractivity contribution is 7.89. The lowest BCUT2D eigenvalue weighted by atomic mass is 9.84. The Hall–Kier alpha value is -1.80. The lowest BCUT2D eigenvalue weighted by Crippen LogP contribution is -2.60. The third-order valence-corrected chi connectivity index (χ3v) is 6.90. The normalized spacial score (nSPS) is 21.2. The van der Waals surface area contributed by atoms with Crippen LogP contribution in [0.3, 0.4) is 0 Å². The van der Waals surface area contributed by atoms with Crippen molar-refractivity contribution in [3.63, 3.8) is 0 Å². The van der Waals surface area contributed by atoms with E-state index >= 15 is 0 Å². The number of rotatable bonds is 5. The molecule has 0 unspecified atom stereocenters. The van der Waals surface area contributed by atoms with Crippen LogP contribution in [-0.4, -0.2) is 46.7 Å². The summed E-state index contributed by atoms with van der Waals surface area (Å²) in [4.78, 5) is 4.04. The van der Waals surface area contributed by atoms with E-state index in [9.17, 15) is 8.42 Å². The Morgan fingerprint density at radius 1 is 1.33 bits per heavy atom. The molecule has 0 spiro atoms. The summed E-state index contributed by atoms with van der Waals surface area (Å²) in [6, 6.07) is 3.65. The van der Waals surface area contributed by atoms with E-state index in [1.165, 1.54) is 0 Å².